The van der Waals surface area contributed by atoms with Crippen molar-refractivity contribution in [2.24, 2.45) is 0 Å². The number of amides is 2. The highest BCUT2D eigenvalue weighted by atomic mass is 19.1. The highest BCUT2D eigenvalue weighted by Crippen LogP contribution is 2.18. The van der Waals surface area contributed by atoms with Gasteiger partial charge in [0.1, 0.15) is 12.4 Å². The Balaban J connectivity index is 1.77. The van der Waals surface area contributed by atoms with Gasteiger partial charge in [-0.25, -0.2) is 9.49 Å². The standard InChI is InChI=1S/C21H25FN4O4/c1-13-14(2)20(28)24-23-18(13)11-15-4-5-17(22)16(10-15)21(29)26-7-6-25(8-9-30-3)19(27)12-26/h4-5,10H,6-9,11-12H2,1-3H3,(H,24,28). The Labute approximate surface area is 173 Å². The zero-order valence-electron chi connectivity index (χ0n) is 17.3. The molecule has 9 heteroatoms. The highest BCUT2D eigenvalue weighted by molar-refractivity contribution is 5.97. The second kappa shape index (κ2) is 9.17. The van der Waals surface area contributed by atoms with Crippen molar-refractivity contribution in [1.29, 1.82) is 0 Å². The van der Waals surface area contributed by atoms with Gasteiger partial charge in [-0.05, 0) is 37.1 Å². The fraction of sp³-hybridized carbons (Fsp3) is 0.429. The molecule has 0 atom stereocenters. The summed E-state index contributed by atoms with van der Waals surface area (Å²) in [4.78, 5) is 39.8. The number of aromatic nitrogens is 2. The third-order valence-electron chi connectivity index (χ3n) is 5.43. The molecule has 2 amide bonds. The molecule has 8 nitrogen and oxygen atoms in total. The van der Waals surface area contributed by atoms with Gasteiger partial charge < -0.3 is 14.5 Å². The molecule has 0 unspecified atom stereocenters. The SMILES string of the molecule is COCCN1CCN(C(=O)c2cc(Cc3n[nH]c(=O)c(C)c3C)ccc2F)CC1=O. The van der Waals surface area contributed by atoms with Crippen molar-refractivity contribution in [3.8, 4) is 0 Å². The number of ether oxygens (including phenoxy) is 1. The van der Waals surface area contributed by atoms with E-state index in [-0.39, 0.29) is 23.6 Å². The van der Waals surface area contributed by atoms with E-state index in [0.717, 1.165) is 5.56 Å². The molecule has 0 spiro atoms. The van der Waals surface area contributed by atoms with Crippen molar-refractivity contribution in [2.75, 3.05) is 39.9 Å². The minimum atomic E-state index is -0.639. The van der Waals surface area contributed by atoms with Crippen LogP contribution in [0.25, 0.3) is 0 Å². The van der Waals surface area contributed by atoms with Gasteiger partial charge in [-0.3, -0.25) is 14.4 Å². The van der Waals surface area contributed by atoms with E-state index in [1.54, 1.807) is 31.9 Å². The molecule has 3 rings (SSSR count). The molecule has 1 aliphatic heterocycles. The van der Waals surface area contributed by atoms with Crippen LogP contribution in [0.2, 0.25) is 0 Å². The van der Waals surface area contributed by atoms with Gasteiger partial charge in [0.05, 0.1) is 17.9 Å². The fourth-order valence-corrected chi connectivity index (χ4v) is 3.37. The summed E-state index contributed by atoms with van der Waals surface area (Å²) in [6.45, 7) is 5.03. The van der Waals surface area contributed by atoms with Gasteiger partial charge >= 0.3 is 0 Å². The van der Waals surface area contributed by atoms with Crippen LogP contribution in [0.3, 0.4) is 0 Å². The molecule has 0 radical (unpaired) electrons. The summed E-state index contributed by atoms with van der Waals surface area (Å²) in [6.07, 6.45) is 0.341. The lowest BCUT2D eigenvalue weighted by atomic mass is 10.0. The molecule has 2 aromatic rings. The van der Waals surface area contributed by atoms with Crippen LogP contribution in [0.1, 0.15) is 32.7 Å². The van der Waals surface area contributed by atoms with Gasteiger partial charge in [-0.15, -0.1) is 0 Å². The summed E-state index contributed by atoms with van der Waals surface area (Å²) in [5.41, 5.74) is 2.34. The van der Waals surface area contributed by atoms with E-state index >= 15 is 0 Å². The Bertz CT molecular complexity index is 1020. The monoisotopic (exact) mass is 416 g/mol. The first kappa shape index (κ1) is 21.6. The van der Waals surface area contributed by atoms with E-state index in [2.05, 4.69) is 10.2 Å². The topological polar surface area (TPSA) is 95.6 Å². The Morgan fingerprint density at radius 3 is 2.70 bits per heavy atom. The maximum atomic E-state index is 14.4. The average molecular weight is 416 g/mol. The predicted molar refractivity (Wildman–Crippen MR) is 108 cm³/mol. The molecular weight excluding hydrogens is 391 g/mol. The number of carbonyl (C=O) groups excluding carboxylic acids is 2. The lowest BCUT2D eigenvalue weighted by molar-refractivity contribution is -0.135. The Kier molecular flexibility index (Phi) is 6.61. The first-order chi connectivity index (χ1) is 14.3. The van der Waals surface area contributed by atoms with Gasteiger partial charge in [-0.1, -0.05) is 6.07 Å². The fourth-order valence-electron chi connectivity index (χ4n) is 3.37. The number of piperazine rings is 1. The number of hydrogen-bond acceptors (Lipinski definition) is 5. The van der Waals surface area contributed by atoms with Crippen molar-refractivity contribution in [1.82, 2.24) is 20.0 Å². The zero-order valence-corrected chi connectivity index (χ0v) is 17.3. The molecule has 1 aliphatic rings. The van der Waals surface area contributed by atoms with E-state index < -0.39 is 11.7 Å². The van der Waals surface area contributed by atoms with Crippen LogP contribution in [0.15, 0.2) is 23.0 Å². The Morgan fingerprint density at radius 2 is 2.00 bits per heavy atom. The largest absolute Gasteiger partial charge is 0.383 e. The van der Waals surface area contributed by atoms with E-state index in [1.807, 2.05) is 0 Å². The molecule has 30 heavy (non-hydrogen) atoms. The van der Waals surface area contributed by atoms with E-state index in [1.165, 1.54) is 17.0 Å². The molecule has 0 aliphatic carbocycles. The quantitative estimate of drug-likeness (QED) is 0.759. The van der Waals surface area contributed by atoms with Crippen molar-refractivity contribution >= 4 is 11.8 Å². The van der Waals surface area contributed by atoms with E-state index in [9.17, 15) is 18.8 Å². The number of aromatic amines is 1. The summed E-state index contributed by atoms with van der Waals surface area (Å²) in [5, 5.41) is 6.52. The summed E-state index contributed by atoms with van der Waals surface area (Å²) in [6, 6.07) is 4.32. The van der Waals surface area contributed by atoms with Crippen LogP contribution < -0.4 is 5.56 Å². The molecule has 1 fully saturated rings. The molecule has 1 N–H and O–H groups in total. The van der Waals surface area contributed by atoms with E-state index in [4.69, 9.17) is 4.74 Å². The van der Waals surface area contributed by atoms with Gasteiger partial charge in [0.15, 0.2) is 0 Å². The third-order valence-corrected chi connectivity index (χ3v) is 5.43. The van der Waals surface area contributed by atoms with Crippen molar-refractivity contribution in [3.05, 3.63) is 62.3 Å². The second-order valence-electron chi connectivity index (χ2n) is 7.34. The van der Waals surface area contributed by atoms with Crippen LogP contribution in [0.5, 0.6) is 0 Å². The van der Waals surface area contributed by atoms with Gasteiger partial charge in [0.25, 0.3) is 11.5 Å². The maximum Gasteiger partial charge on any atom is 0.267 e. The number of benzene rings is 1. The molecule has 160 valence electrons. The summed E-state index contributed by atoms with van der Waals surface area (Å²) < 4.78 is 19.4. The van der Waals surface area contributed by atoms with Crippen LogP contribution in [0.4, 0.5) is 4.39 Å². The van der Waals surface area contributed by atoms with Crippen LogP contribution in [-0.2, 0) is 16.0 Å². The number of halogens is 1. The first-order valence-electron chi connectivity index (χ1n) is 9.71. The Morgan fingerprint density at radius 1 is 1.23 bits per heavy atom. The minimum Gasteiger partial charge on any atom is -0.383 e. The average Bonchev–Trinajstić information content (AvgIpc) is 2.74. The first-order valence-corrected chi connectivity index (χ1v) is 9.71. The number of carbonyl (C=O) groups is 2. The molecule has 1 aromatic carbocycles. The maximum absolute atomic E-state index is 14.4. The normalized spacial score (nSPS) is 14.3. The van der Waals surface area contributed by atoms with Crippen molar-refractivity contribution in [3.63, 3.8) is 0 Å². The summed E-state index contributed by atoms with van der Waals surface area (Å²) in [5.74, 6) is -1.34. The summed E-state index contributed by atoms with van der Waals surface area (Å²) in [7, 11) is 1.56. The molecule has 0 saturated carbocycles. The van der Waals surface area contributed by atoms with Crippen molar-refractivity contribution < 1.29 is 18.7 Å². The van der Waals surface area contributed by atoms with Gasteiger partial charge in [-0.2, -0.15) is 5.10 Å². The van der Waals surface area contributed by atoms with Gasteiger partial charge in [0, 0.05) is 38.7 Å². The number of nitrogens with one attached hydrogen (secondary N) is 1. The number of H-pyrrole nitrogens is 1. The lowest BCUT2D eigenvalue weighted by Gasteiger charge is -2.34. The lowest BCUT2D eigenvalue weighted by Crippen LogP contribution is -2.53. The van der Waals surface area contributed by atoms with Gasteiger partial charge in [0.2, 0.25) is 5.91 Å². The molecule has 1 aromatic heterocycles. The van der Waals surface area contributed by atoms with Crippen LogP contribution >= 0.6 is 0 Å². The molecule has 1 saturated heterocycles. The minimum absolute atomic E-state index is 0.0792. The smallest absolute Gasteiger partial charge is 0.267 e. The van der Waals surface area contributed by atoms with Crippen molar-refractivity contribution in [2.45, 2.75) is 20.3 Å². The van der Waals surface area contributed by atoms with Crippen LogP contribution in [-0.4, -0.2) is 71.7 Å². The molecular formula is C21H25FN4O4. The number of hydrogen-bond donors (Lipinski definition) is 1. The molecule has 0 bridgehead atoms. The number of rotatable bonds is 6. The summed E-state index contributed by atoms with van der Waals surface area (Å²) >= 11 is 0. The van der Waals surface area contributed by atoms with Crippen LogP contribution in [0, 0.1) is 19.7 Å². The number of methoxy groups -OCH3 is 1. The third kappa shape index (κ3) is 4.56. The molecule has 2 heterocycles. The predicted octanol–water partition coefficient (Wildman–Crippen LogP) is 1.05. The zero-order chi connectivity index (χ0) is 21.8. The number of nitrogens with zero attached hydrogens (tertiary/aromatic N) is 3. The van der Waals surface area contributed by atoms with E-state index in [0.29, 0.717) is 49.5 Å². The second-order valence-corrected chi connectivity index (χ2v) is 7.34. The Hall–Kier alpha value is -3.07. The highest BCUT2D eigenvalue weighted by Gasteiger charge is 2.29.